The van der Waals surface area contributed by atoms with Crippen LogP contribution in [0.4, 0.5) is 0 Å². The first-order valence-corrected chi connectivity index (χ1v) is 10.8. The Hall–Kier alpha value is -2.79. The van der Waals surface area contributed by atoms with Gasteiger partial charge in [0.15, 0.2) is 11.5 Å². The molecule has 0 radical (unpaired) electrons. The third-order valence-electron chi connectivity index (χ3n) is 5.71. The lowest BCUT2D eigenvalue weighted by Gasteiger charge is -2.24. The minimum absolute atomic E-state index is 0.311. The minimum Gasteiger partial charge on any atom is -0.493 e. The fourth-order valence-electron chi connectivity index (χ4n) is 4.40. The maximum Gasteiger partial charge on any atom is 0.161 e. The molecular weight excluding hydrogens is 374 g/mol. The molecule has 2 aromatic carbocycles. The second kappa shape index (κ2) is 8.92. The van der Waals surface area contributed by atoms with Crippen LogP contribution in [-0.4, -0.2) is 23.5 Å². The Bertz CT molecular complexity index is 1000. The molecule has 1 heterocycles. The normalized spacial score (nSPS) is 15.7. The fourth-order valence-corrected chi connectivity index (χ4v) is 4.40. The molecule has 30 heavy (non-hydrogen) atoms. The van der Waals surface area contributed by atoms with Crippen molar-refractivity contribution < 1.29 is 9.47 Å². The Morgan fingerprint density at radius 1 is 1.10 bits per heavy atom. The topological polar surface area (TPSA) is 48.3 Å². The SMILES string of the molecule is CCOc1cc(CN[C@@H]2CCCc3c2cnn3-c2cc(C)cc(C)c2)ccc1OC. The molecule has 1 atom stereocenters. The van der Waals surface area contributed by atoms with Crippen LogP contribution in [0.5, 0.6) is 11.5 Å². The van der Waals surface area contributed by atoms with E-state index in [-0.39, 0.29) is 0 Å². The van der Waals surface area contributed by atoms with Crippen molar-refractivity contribution in [2.45, 2.75) is 52.6 Å². The van der Waals surface area contributed by atoms with E-state index in [1.807, 2.05) is 19.2 Å². The molecule has 1 aliphatic rings. The van der Waals surface area contributed by atoms with Gasteiger partial charge < -0.3 is 14.8 Å². The van der Waals surface area contributed by atoms with Gasteiger partial charge in [-0.3, -0.25) is 0 Å². The highest BCUT2D eigenvalue weighted by molar-refractivity contribution is 5.44. The highest BCUT2D eigenvalue weighted by Gasteiger charge is 2.24. The number of benzene rings is 2. The van der Waals surface area contributed by atoms with Crippen molar-refractivity contribution in [3.8, 4) is 17.2 Å². The molecule has 3 aromatic rings. The van der Waals surface area contributed by atoms with Crippen LogP contribution < -0.4 is 14.8 Å². The summed E-state index contributed by atoms with van der Waals surface area (Å²) in [5, 5.41) is 8.50. The first-order valence-electron chi connectivity index (χ1n) is 10.8. The second-order valence-electron chi connectivity index (χ2n) is 8.05. The first-order chi connectivity index (χ1) is 14.6. The number of rotatable bonds is 7. The number of hydrogen-bond donors (Lipinski definition) is 1. The predicted molar refractivity (Wildman–Crippen MR) is 120 cm³/mol. The zero-order valence-electron chi connectivity index (χ0n) is 18.4. The van der Waals surface area contributed by atoms with E-state index in [0.717, 1.165) is 43.0 Å². The quantitative estimate of drug-likeness (QED) is 0.597. The zero-order chi connectivity index (χ0) is 21.1. The molecule has 158 valence electrons. The van der Waals surface area contributed by atoms with Gasteiger partial charge in [0.05, 0.1) is 25.6 Å². The van der Waals surface area contributed by atoms with Gasteiger partial charge in [-0.25, -0.2) is 4.68 Å². The lowest BCUT2D eigenvalue weighted by molar-refractivity contribution is 0.310. The third kappa shape index (κ3) is 4.21. The largest absolute Gasteiger partial charge is 0.493 e. The first kappa shape index (κ1) is 20.5. The molecule has 0 unspecified atom stereocenters. The number of hydrogen-bond acceptors (Lipinski definition) is 4. The maximum absolute atomic E-state index is 5.72. The van der Waals surface area contributed by atoms with E-state index in [1.54, 1.807) is 7.11 Å². The number of fused-ring (bicyclic) bond motifs is 1. The molecule has 0 bridgehead atoms. The number of nitrogens with one attached hydrogen (secondary N) is 1. The van der Waals surface area contributed by atoms with Gasteiger partial charge in [-0.05, 0) is 81.0 Å². The molecular formula is C25H31N3O2. The van der Waals surface area contributed by atoms with Crippen LogP contribution in [-0.2, 0) is 13.0 Å². The van der Waals surface area contributed by atoms with Gasteiger partial charge in [0, 0.05) is 23.8 Å². The highest BCUT2D eigenvalue weighted by atomic mass is 16.5. The maximum atomic E-state index is 5.72. The van der Waals surface area contributed by atoms with Gasteiger partial charge in [0.2, 0.25) is 0 Å². The molecule has 0 amide bonds. The molecule has 1 aliphatic carbocycles. The van der Waals surface area contributed by atoms with E-state index in [2.05, 4.69) is 54.2 Å². The third-order valence-corrected chi connectivity index (χ3v) is 5.71. The second-order valence-corrected chi connectivity index (χ2v) is 8.05. The van der Waals surface area contributed by atoms with Crippen molar-refractivity contribution in [2.75, 3.05) is 13.7 Å². The van der Waals surface area contributed by atoms with Gasteiger partial charge >= 0.3 is 0 Å². The van der Waals surface area contributed by atoms with E-state index in [0.29, 0.717) is 12.6 Å². The summed E-state index contributed by atoms with van der Waals surface area (Å²) in [6, 6.07) is 13.1. The number of ether oxygens (including phenoxy) is 2. The molecule has 0 aliphatic heterocycles. The number of methoxy groups -OCH3 is 1. The smallest absolute Gasteiger partial charge is 0.161 e. The molecule has 0 saturated heterocycles. The van der Waals surface area contributed by atoms with Crippen LogP contribution in [0.2, 0.25) is 0 Å². The summed E-state index contributed by atoms with van der Waals surface area (Å²) in [6.07, 6.45) is 5.40. The van der Waals surface area contributed by atoms with E-state index >= 15 is 0 Å². The van der Waals surface area contributed by atoms with Gasteiger partial charge in [0.25, 0.3) is 0 Å². The molecule has 0 fully saturated rings. The average molecular weight is 406 g/mol. The lowest BCUT2D eigenvalue weighted by Crippen LogP contribution is -2.25. The Balaban J connectivity index is 1.53. The summed E-state index contributed by atoms with van der Waals surface area (Å²) in [5.41, 5.74) is 7.53. The number of nitrogens with zero attached hydrogens (tertiary/aromatic N) is 2. The van der Waals surface area contributed by atoms with Crippen molar-refractivity contribution in [3.05, 3.63) is 70.5 Å². The molecule has 1 aromatic heterocycles. The molecule has 4 rings (SSSR count). The van der Waals surface area contributed by atoms with Crippen LogP contribution in [0.1, 0.15) is 53.8 Å². The van der Waals surface area contributed by atoms with Crippen LogP contribution in [0, 0.1) is 13.8 Å². The van der Waals surface area contributed by atoms with Crippen molar-refractivity contribution in [1.82, 2.24) is 15.1 Å². The van der Waals surface area contributed by atoms with Crippen molar-refractivity contribution in [1.29, 1.82) is 0 Å². The lowest BCUT2D eigenvalue weighted by atomic mass is 9.92. The summed E-state index contributed by atoms with van der Waals surface area (Å²) in [4.78, 5) is 0. The monoisotopic (exact) mass is 405 g/mol. The summed E-state index contributed by atoms with van der Waals surface area (Å²) in [7, 11) is 1.67. The summed E-state index contributed by atoms with van der Waals surface area (Å²) >= 11 is 0. The van der Waals surface area contributed by atoms with Crippen LogP contribution in [0.3, 0.4) is 0 Å². The Kier molecular flexibility index (Phi) is 6.09. The van der Waals surface area contributed by atoms with Gasteiger partial charge in [-0.2, -0.15) is 5.10 Å². The predicted octanol–water partition coefficient (Wildman–Crippen LogP) is 5.06. The Morgan fingerprint density at radius 2 is 1.90 bits per heavy atom. The molecule has 0 spiro atoms. The van der Waals surface area contributed by atoms with E-state index in [1.165, 1.54) is 27.9 Å². The van der Waals surface area contributed by atoms with Crippen molar-refractivity contribution >= 4 is 0 Å². The number of aromatic nitrogens is 2. The fraction of sp³-hybridized carbons (Fsp3) is 0.400. The van der Waals surface area contributed by atoms with Crippen molar-refractivity contribution in [3.63, 3.8) is 0 Å². The van der Waals surface area contributed by atoms with E-state index < -0.39 is 0 Å². The molecule has 5 nitrogen and oxygen atoms in total. The summed E-state index contributed by atoms with van der Waals surface area (Å²) in [6.45, 7) is 7.67. The van der Waals surface area contributed by atoms with Gasteiger partial charge in [-0.15, -0.1) is 0 Å². The van der Waals surface area contributed by atoms with Crippen LogP contribution >= 0.6 is 0 Å². The van der Waals surface area contributed by atoms with Gasteiger partial charge in [0.1, 0.15) is 0 Å². The molecule has 1 N–H and O–H groups in total. The van der Waals surface area contributed by atoms with E-state index in [4.69, 9.17) is 14.6 Å². The highest BCUT2D eigenvalue weighted by Crippen LogP contribution is 2.32. The number of aryl methyl sites for hydroxylation is 2. The van der Waals surface area contributed by atoms with E-state index in [9.17, 15) is 0 Å². The van der Waals surface area contributed by atoms with Gasteiger partial charge in [-0.1, -0.05) is 12.1 Å². The zero-order valence-corrected chi connectivity index (χ0v) is 18.4. The Morgan fingerprint density at radius 3 is 2.63 bits per heavy atom. The minimum atomic E-state index is 0.311. The average Bonchev–Trinajstić information content (AvgIpc) is 3.17. The molecule has 0 saturated carbocycles. The van der Waals surface area contributed by atoms with Crippen LogP contribution in [0.15, 0.2) is 42.6 Å². The van der Waals surface area contributed by atoms with Crippen LogP contribution in [0.25, 0.3) is 5.69 Å². The molecule has 5 heteroatoms. The summed E-state index contributed by atoms with van der Waals surface area (Å²) in [5.74, 6) is 1.57. The standard InChI is InChI=1S/C25H31N3O2/c1-5-30-25-14-19(9-10-24(25)29-4)15-26-22-7-6-8-23-21(22)16-27-28(23)20-12-17(2)11-18(3)13-20/h9-14,16,22,26H,5-8,15H2,1-4H3/t22-/m1/s1. The van der Waals surface area contributed by atoms with Crippen molar-refractivity contribution in [2.24, 2.45) is 0 Å². The Labute approximate surface area is 179 Å². The summed E-state index contributed by atoms with van der Waals surface area (Å²) < 4.78 is 13.2.